The molecule has 0 heterocycles. The predicted molar refractivity (Wildman–Crippen MR) is 84.5 cm³/mol. The molecule has 0 aliphatic heterocycles. The Morgan fingerprint density at radius 1 is 1.15 bits per heavy atom. The van der Waals surface area contributed by atoms with Crippen LogP contribution in [0.25, 0.3) is 10.8 Å². The van der Waals surface area contributed by atoms with Crippen molar-refractivity contribution >= 4 is 10.8 Å². The maximum Gasteiger partial charge on any atom is 0.119 e. The molecule has 2 nitrogen and oxygen atoms in total. The molecule has 0 saturated heterocycles. The Morgan fingerprint density at radius 2 is 1.95 bits per heavy atom. The molecule has 20 heavy (non-hydrogen) atoms. The van der Waals surface area contributed by atoms with Crippen molar-refractivity contribution in [1.29, 1.82) is 0 Å². The van der Waals surface area contributed by atoms with Crippen LogP contribution in [0.1, 0.15) is 31.2 Å². The van der Waals surface area contributed by atoms with Gasteiger partial charge in [-0.25, -0.2) is 0 Å². The molecule has 0 radical (unpaired) electrons. The number of fused-ring (bicyclic) bond motifs is 1. The topological polar surface area (TPSA) is 21.3 Å². The van der Waals surface area contributed by atoms with Crippen LogP contribution in [-0.2, 0) is 0 Å². The van der Waals surface area contributed by atoms with Crippen molar-refractivity contribution in [2.24, 2.45) is 5.92 Å². The highest BCUT2D eigenvalue weighted by molar-refractivity contribution is 5.84. The summed E-state index contributed by atoms with van der Waals surface area (Å²) in [7, 11) is 1.72. The summed E-state index contributed by atoms with van der Waals surface area (Å²) < 4.78 is 5.28. The summed E-state index contributed by atoms with van der Waals surface area (Å²) in [6.07, 6.45) is 2.55. The van der Waals surface area contributed by atoms with E-state index in [1.165, 1.54) is 35.7 Å². The minimum atomic E-state index is 0.755. The summed E-state index contributed by atoms with van der Waals surface area (Å²) >= 11 is 0. The Hall–Kier alpha value is -1.54. The molecule has 3 rings (SSSR count). The monoisotopic (exact) mass is 269 g/mol. The van der Waals surface area contributed by atoms with Gasteiger partial charge in [-0.05, 0) is 66.2 Å². The highest BCUT2D eigenvalue weighted by Gasteiger charge is 2.37. The third-order valence-corrected chi connectivity index (χ3v) is 4.26. The summed E-state index contributed by atoms with van der Waals surface area (Å²) in [5, 5.41) is 6.11. The van der Waals surface area contributed by atoms with Gasteiger partial charge in [0.05, 0.1) is 7.11 Å². The van der Waals surface area contributed by atoms with Crippen molar-refractivity contribution in [1.82, 2.24) is 5.32 Å². The Labute approximate surface area is 121 Å². The second-order valence-corrected chi connectivity index (χ2v) is 5.78. The Kier molecular flexibility index (Phi) is 3.93. The standard InChI is InChI=1S/C18H23NO/c1-3-8-19-12-16-11-18(16)15-5-4-14-10-17(20-2)7-6-13(14)9-15/h4-7,9-10,16,18-19H,3,8,11-12H2,1-2H3. The molecule has 1 saturated carbocycles. The SMILES string of the molecule is CCCNCC1CC1c1ccc2cc(OC)ccc2c1. The lowest BCUT2D eigenvalue weighted by Crippen LogP contribution is -2.17. The average molecular weight is 269 g/mol. The molecule has 2 aromatic carbocycles. The molecule has 2 aromatic rings. The smallest absolute Gasteiger partial charge is 0.119 e. The van der Waals surface area contributed by atoms with Crippen LogP contribution in [0.4, 0.5) is 0 Å². The van der Waals surface area contributed by atoms with Gasteiger partial charge in [-0.15, -0.1) is 0 Å². The van der Waals surface area contributed by atoms with Crippen LogP contribution in [0.3, 0.4) is 0 Å². The van der Waals surface area contributed by atoms with Gasteiger partial charge in [0.25, 0.3) is 0 Å². The van der Waals surface area contributed by atoms with E-state index in [9.17, 15) is 0 Å². The van der Waals surface area contributed by atoms with Gasteiger partial charge in [0.2, 0.25) is 0 Å². The normalized spacial score (nSPS) is 21.1. The van der Waals surface area contributed by atoms with Gasteiger partial charge in [-0.2, -0.15) is 0 Å². The van der Waals surface area contributed by atoms with Crippen molar-refractivity contribution in [3.63, 3.8) is 0 Å². The van der Waals surface area contributed by atoms with Crippen LogP contribution in [0.15, 0.2) is 36.4 Å². The van der Waals surface area contributed by atoms with E-state index in [1.54, 1.807) is 7.11 Å². The fraction of sp³-hybridized carbons (Fsp3) is 0.444. The Bertz CT molecular complexity index is 593. The van der Waals surface area contributed by atoms with Crippen LogP contribution < -0.4 is 10.1 Å². The minimum absolute atomic E-state index is 0.755. The molecular weight excluding hydrogens is 246 g/mol. The second-order valence-electron chi connectivity index (χ2n) is 5.78. The van der Waals surface area contributed by atoms with E-state index in [1.807, 2.05) is 6.07 Å². The first-order valence-electron chi connectivity index (χ1n) is 7.60. The van der Waals surface area contributed by atoms with Crippen molar-refractivity contribution in [3.05, 3.63) is 42.0 Å². The van der Waals surface area contributed by atoms with Crippen molar-refractivity contribution in [2.75, 3.05) is 20.2 Å². The van der Waals surface area contributed by atoms with Gasteiger partial charge in [-0.1, -0.05) is 31.2 Å². The van der Waals surface area contributed by atoms with Crippen LogP contribution in [0.2, 0.25) is 0 Å². The highest BCUT2D eigenvalue weighted by Crippen LogP contribution is 2.47. The van der Waals surface area contributed by atoms with E-state index < -0.39 is 0 Å². The quantitative estimate of drug-likeness (QED) is 0.802. The molecule has 1 aliphatic rings. The molecule has 1 aliphatic carbocycles. The largest absolute Gasteiger partial charge is 0.497 e. The fourth-order valence-corrected chi connectivity index (χ4v) is 2.95. The first-order valence-corrected chi connectivity index (χ1v) is 7.60. The number of rotatable bonds is 6. The van der Waals surface area contributed by atoms with E-state index in [0.717, 1.165) is 24.1 Å². The van der Waals surface area contributed by atoms with Gasteiger partial charge >= 0.3 is 0 Å². The molecule has 2 unspecified atom stereocenters. The fourth-order valence-electron chi connectivity index (χ4n) is 2.95. The Morgan fingerprint density at radius 3 is 2.75 bits per heavy atom. The molecule has 0 bridgehead atoms. The van der Waals surface area contributed by atoms with E-state index in [-0.39, 0.29) is 0 Å². The number of hydrogen-bond acceptors (Lipinski definition) is 2. The van der Waals surface area contributed by atoms with Crippen LogP contribution in [-0.4, -0.2) is 20.2 Å². The maximum absolute atomic E-state index is 5.28. The molecule has 106 valence electrons. The molecule has 1 fully saturated rings. The Balaban J connectivity index is 1.71. The number of ether oxygens (including phenoxy) is 1. The highest BCUT2D eigenvalue weighted by atomic mass is 16.5. The van der Waals surface area contributed by atoms with Gasteiger partial charge < -0.3 is 10.1 Å². The lowest BCUT2D eigenvalue weighted by Gasteiger charge is -2.06. The maximum atomic E-state index is 5.28. The number of hydrogen-bond donors (Lipinski definition) is 1. The zero-order valence-electron chi connectivity index (χ0n) is 12.4. The van der Waals surface area contributed by atoms with E-state index in [0.29, 0.717) is 0 Å². The second kappa shape index (κ2) is 5.84. The zero-order chi connectivity index (χ0) is 13.9. The third-order valence-electron chi connectivity index (χ3n) is 4.26. The van der Waals surface area contributed by atoms with E-state index in [4.69, 9.17) is 4.74 Å². The molecule has 2 heteroatoms. The number of methoxy groups -OCH3 is 1. The van der Waals surface area contributed by atoms with Gasteiger partial charge in [0.1, 0.15) is 5.75 Å². The molecule has 0 aromatic heterocycles. The van der Waals surface area contributed by atoms with Crippen LogP contribution in [0, 0.1) is 5.92 Å². The summed E-state index contributed by atoms with van der Waals surface area (Å²) in [6, 6.07) is 13.2. The zero-order valence-corrected chi connectivity index (χ0v) is 12.4. The molecule has 1 N–H and O–H groups in total. The van der Waals surface area contributed by atoms with Crippen molar-refractivity contribution < 1.29 is 4.74 Å². The number of nitrogens with one attached hydrogen (secondary N) is 1. The summed E-state index contributed by atoms with van der Waals surface area (Å²) in [5.74, 6) is 2.52. The number of benzene rings is 2. The van der Waals surface area contributed by atoms with Gasteiger partial charge in [0, 0.05) is 0 Å². The molecule has 2 atom stereocenters. The molecular formula is C18H23NO. The predicted octanol–water partition coefficient (Wildman–Crippen LogP) is 3.95. The van der Waals surface area contributed by atoms with Gasteiger partial charge in [0.15, 0.2) is 0 Å². The molecule has 0 amide bonds. The van der Waals surface area contributed by atoms with E-state index in [2.05, 4.69) is 42.6 Å². The minimum Gasteiger partial charge on any atom is -0.497 e. The molecule has 0 spiro atoms. The first kappa shape index (κ1) is 13.4. The average Bonchev–Trinajstić information content (AvgIpc) is 3.26. The third kappa shape index (κ3) is 2.80. The van der Waals surface area contributed by atoms with Crippen molar-refractivity contribution in [3.8, 4) is 5.75 Å². The lowest BCUT2D eigenvalue weighted by molar-refractivity contribution is 0.415. The lowest BCUT2D eigenvalue weighted by atomic mass is 10.0. The van der Waals surface area contributed by atoms with Crippen molar-refractivity contribution in [2.45, 2.75) is 25.7 Å². The first-order chi connectivity index (χ1) is 9.81. The van der Waals surface area contributed by atoms with E-state index >= 15 is 0 Å². The van der Waals surface area contributed by atoms with Gasteiger partial charge in [-0.3, -0.25) is 0 Å². The summed E-state index contributed by atoms with van der Waals surface area (Å²) in [4.78, 5) is 0. The van der Waals surface area contributed by atoms with Crippen LogP contribution in [0.5, 0.6) is 5.75 Å². The van der Waals surface area contributed by atoms with Crippen LogP contribution >= 0.6 is 0 Å². The summed E-state index contributed by atoms with van der Waals surface area (Å²) in [5.41, 5.74) is 1.49. The summed E-state index contributed by atoms with van der Waals surface area (Å²) in [6.45, 7) is 4.52.